The molecule has 0 aliphatic heterocycles. The van der Waals surface area contributed by atoms with E-state index < -0.39 is 17.7 Å². The highest BCUT2D eigenvalue weighted by Gasteiger charge is 2.14. The second kappa shape index (κ2) is 7.50. The van der Waals surface area contributed by atoms with Crippen molar-refractivity contribution < 1.29 is 18.3 Å². The van der Waals surface area contributed by atoms with Crippen LogP contribution in [0.3, 0.4) is 0 Å². The number of benzene rings is 2. The van der Waals surface area contributed by atoms with Gasteiger partial charge in [0.05, 0.1) is 18.0 Å². The van der Waals surface area contributed by atoms with Gasteiger partial charge < -0.3 is 10.4 Å². The molecule has 1 heterocycles. The first-order valence-electron chi connectivity index (χ1n) is 7.66. The maximum atomic E-state index is 13.6. The zero-order valence-corrected chi connectivity index (χ0v) is 13.1. The lowest BCUT2D eigenvalue weighted by Gasteiger charge is -2.13. The zero-order valence-electron chi connectivity index (χ0n) is 13.1. The molecule has 2 aromatic carbocycles. The first-order valence-corrected chi connectivity index (χ1v) is 7.66. The summed E-state index contributed by atoms with van der Waals surface area (Å²) in [6.45, 7) is 0.444. The molecule has 4 nitrogen and oxygen atoms in total. The van der Waals surface area contributed by atoms with Crippen molar-refractivity contribution in [1.82, 2.24) is 15.5 Å². The molecular formula is C18H16F3N3O. The fourth-order valence-electron chi connectivity index (χ4n) is 2.54. The average molecular weight is 347 g/mol. The summed E-state index contributed by atoms with van der Waals surface area (Å²) in [5, 5.41) is 19.9. The van der Waals surface area contributed by atoms with Crippen LogP contribution in [0.4, 0.5) is 13.2 Å². The number of hydrogen-bond acceptors (Lipinski definition) is 3. The molecule has 3 aromatic rings. The molecule has 0 saturated heterocycles. The van der Waals surface area contributed by atoms with E-state index in [4.69, 9.17) is 0 Å². The van der Waals surface area contributed by atoms with Gasteiger partial charge in [-0.1, -0.05) is 6.07 Å². The van der Waals surface area contributed by atoms with Crippen molar-refractivity contribution in [2.75, 3.05) is 6.54 Å². The molecule has 0 radical (unpaired) electrons. The molecule has 1 aromatic heterocycles. The van der Waals surface area contributed by atoms with Crippen molar-refractivity contribution in [3.8, 4) is 11.3 Å². The Morgan fingerprint density at radius 2 is 1.76 bits per heavy atom. The normalized spacial score (nSPS) is 12.3. The van der Waals surface area contributed by atoms with E-state index in [1.807, 2.05) is 0 Å². The molecule has 3 rings (SSSR count). The number of aliphatic hydroxyl groups is 1. The molecule has 0 spiro atoms. The summed E-state index contributed by atoms with van der Waals surface area (Å²) in [7, 11) is 0. The molecule has 0 aliphatic carbocycles. The van der Waals surface area contributed by atoms with Crippen LogP contribution >= 0.6 is 0 Å². The van der Waals surface area contributed by atoms with Gasteiger partial charge >= 0.3 is 0 Å². The van der Waals surface area contributed by atoms with Gasteiger partial charge in [-0.2, -0.15) is 5.10 Å². The van der Waals surface area contributed by atoms with Crippen LogP contribution in [0.25, 0.3) is 11.3 Å². The van der Waals surface area contributed by atoms with Gasteiger partial charge in [-0.25, -0.2) is 13.2 Å². The minimum Gasteiger partial charge on any atom is -0.387 e. The number of aromatic nitrogens is 2. The molecule has 130 valence electrons. The van der Waals surface area contributed by atoms with E-state index in [2.05, 4.69) is 15.5 Å². The highest BCUT2D eigenvalue weighted by Crippen LogP contribution is 2.22. The quantitative estimate of drug-likeness (QED) is 0.641. The number of aromatic amines is 1. The van der Waals surface area contributed by atoms with Crippen molar-refractivity contribution in [2.24, 2.45) is 0 Å². The molecule has 1 atom stereocenters. The standard InChI is InChI=1S/C18H16F3N3O/c19-13-3-1-11(2-4-13)18-12(9-23-24-18)8-22-10-17(25)15-6-5-14(20)7-16(15)21/h1-7,9,17,22,25H,8,10H2,(H,23,24)/t17-/m0/s1. The molecular weight excluding hydrogens is 331 g/mol. The van der Waals surface area contributed by atoms with Gasteiger partial charge in [-0.15, -0.1) is 0 Å². The Labute approximate surface area is 142 Å². The van der Waals surface area contributed by atoms with Gasteiger partial charge in [0, 0.05) is 35.8 Å². The van der Waals surface area contributed by atoms with E-state index in [-0.39, 0.29) is 17.9 Å². The molecule has 25 heavy (non-hydrogen) atoms. The summed E-state index contributed by atoms with van der Waals surface area (Å²) in [6, 6.07) is 9.04. The summed E-state index contributed by atoms with van der Waals surface area (Å²) in [5.74, 6) is -1.80. The minimum absolute atomic E-state index is 0.0276. The van der Waals surface area contributed by atoms with E-state index in [0.29, 0.717) is 6.54 Å². The van der Waals surface area contributed by atoms with Gasteiger partial charge in [0.15, 0.2) is 0 Å². The van der Waals surface area contributed by atoms with E-state index in [0.717, 1.165) is 29.0 Å². The Hall–Kier alpha value is -2.64. The zero-order chi connectivity index (χ0) is 17.8. The number of nitrogens with zero attached hydrogens (tertiary/aromatic N) is 1. The maximum Gasteiger partial charge on any atom is 0.131 e. The van der Waals surface area contributed by atoms with Gasteiger partial charge in [-0.3, -0.25) is 5.10 Å². The number of halogens is 3. The summed E-state index contributed by atoms with van der Waals surface area (Å²) < 4.78 is 39.6. The van der Waals surface area contributed by atoms with Crippen LogP contribution in [-0.2, 0) is 6.54 Å². The van der Waals surface area contributed by atoms with E-state index >= 15 is 0 Å². The molecule has 7 heteroatoms. The smallest absolute Gasteiger partial charge is 0.131 e. The average Bonchev–Trinajstić information content (AvgIpc) is 3.04. The fraction of sp³-hybridized carbons (Fsp3) is 0.167. The molecule has 3 N–H and O–H groups in total. The summed E-state index contributed by atoms with van der Waals surface area (Å²) >= 11 is 0. The lowest BCUT2D eigenvalue weighted by atomic mass is 10.1. The largest absolute Gasteiger partial charge is 0.387 e. The first-order chi connectivity index (χ1) is 12.0. The molecule has 0 bridgehead atoms. The van der Waals surface area contributed by atoms with Crippen molar-refractivity contribution in [3.05, 3.63) is 77.2 Å². The third kappa shape index (κ3) is 4.07. The first kappa shape index (κ1) is 17.2. The number of aliphatic hydroxyl groups excluding tert-OH is 1. The minimum atomic E-state index is -1.11. The van der Waals surface area contributed by atoms with Gasteiger partial charge in [0.2, 0.25) is 0 Å². The summed E-state index contributed by atoms with van der Waals surface area (Å²) in [6.07, 6.45) is 0.512. The Morgan fingerprint density at radius 1 is 1.04 bits per heavy atom. The number of hydrogen-bond donors (Lipinski definition) is 3. The van der Waals surface area contributed by atoms with Crippen LogP contribution in [-0.4, -0.2) is 21.8 Å². The predicted octanol–water partition coefficient (Wildman–Crippen LogP) is 3.32. The highest BCUT2D eigenvalue weighted by molar-refractivity contribution is 5.62. The number of nitrogens with one attached hydrogen (secondary N) is 2. The van der Waals surface area contributed by atoms with Crippen molar-refractivity contribution in [2.45, 2.75) is 12.6 Å². The monoisotopic (exact) mass is 347 g/mol. The third-order valence-electron chi connectivity index (χ3n) is 3.83. The lowest BCUT2D eigenvalue weighted by molar-refractivity contribution is 0.169. The van der Waals surface area contributed by atoms with Crippen LogP contribution in [0.15, 0.2) is 48.7 Å². The van der Waals surface area contributed by atoms with Gasteiger partial charge in [0.1, 0.15) is 17.5 Å². The van der Waals surface area contributed by atoms with Crippen LogP contribution in [0.2, 0.25) is 0 Å². The fourth-order valence-corrected chi connectivity index (χ4v) is 2.54. The molecule has 0 amide bonds. The highest BCUT2D eigenvalue weighted by atomic mass is 19.1. The third-order valence-corrected chi connectivity index (χ3v) is 3.83. The number of H-pyrrole nitrogens is 1. The van der Waals surface area contributed by atoms with Crippen molar-refractivity contribution in [1.29, 1.82) is 0 Å². The van der Waals surface area contributed by atoms with Crippen LogP contribution in [0.5, 0.6) is 0 Å². The Bertz CT molecular complexity index is 849. The molecule has 0 fully saturated rings. The molecule has 0 unspecified atom stereocenters. The van der Waals surface area contributed by atoms with Crippen LogP contribution in [0.1, 0.15) is 17.2 Å². The second-order valence-electron chi connectivity index (χ2n) is 5.59. The molecule has 0 saturated carbocycles. The van der Waals surface area contributed by atoms with E-state index in [1.165, 1.54) is 18.2 Å². The Balaban J connectivity index is 1.63. The summed E-state index contributed by atoms with van der Waals surface area (Å²) in [4.78, 5) is 0. The van der Waals surface area contributed by atoms with Gasteiger partial charge in [0.25, 0.3) is 0 Å². The topological polar surface area (TPSA) is 60.9 Å². The van der Waals surface area contributed by atoms with Crippen LogP contribution < -0.4 is 5.32 Å². The lowest BCUT2D eigenvalue weighted by Crippen LogP contribution is -2.21. The van der Waals surface area contributed by atoms with Crippen LogP contribution in [0, 0.1) is 17.5 Å². The summed E-state index contributed by atoms with van der Waals surface area (Å²) in [5.41, 5.74) is 2.36. The second-order valence-corrected chi connectivity index (χ2v) is 5.59. The SMILES string of the molecule is O[C@@H](CNCc1cn[nH]c1-c1ccc(F)cc1)c1ccc(F)cc1F. The number of rotatable bonds is 6. The van der Waals surface area contributed by atoms with E-state index in [9.17, 15) is 18.3 Å². The van der Waals surface area contributed by atoms with E-state index in [1.54, 1.807) is 18.3 Å². The van der Waals surface area contributed by atoms with Crippen molar-refractivity contribution in [3.63, 3.8) is 0 Å². The van der Waals surface area contributed by atoms with Gasteiger partial charge in [-0.05, 0) is 30.3 Å². The Morgan fingerprint density at radius 3 is 2.48 bits per heavy atom. The maximum absolute atomic E-state index is 13.6. The Kier molecular flexibility index (Phi) is 5.16. The molecule has 0 aliphatic rings. The predicted molar refractivity (Wildman–Crippen MR) is 87.0 cm³/mol. The van der Waals surface area contributed by atoms with Crippen molar-refractivity contribution >= 4 is 0 Å².